The van der Waals surface area contributed by atoms with E-state index in [-0.39, 0.29) is 19.0 Å². The fourth-order valence-electron chi connectivity index (χ4n) is 1.32. The molecule has 1 atom stereocenters. The third-order valence-corrected chi connectivity index (χ3v) is 2.28. The smallest absolute Gasteiger partial charge is 0.332 e. The third kappa shape index (κ3) is 4.03. The lowest BCUT2D eigenvalue weighted by Gasteiger charge is -2.27. The third-order valence-electron chi connectivity index (χ3n) is 2.28. The molecule has 0 bridgehead atoms. The Morgan fingerprint density at radius 3 is 2.56 bits per heavy atom. The molecule has 1 rings (SSSR count). The Bertz CT molecular complexity index is 252. The number of morpholine rings is 1. The van der Waals surface area contributed by atoms with Crippen LogP contribution in [0.4, 0.5) is 4.79 Å². The van der Waals surface area contributed by atoms with Crippen LogP contribution in [0.2, 0.25) is 0 Å². The lowest BCUT2D eigenvalue weighted by atomic mass is 10.2. The van der Waals surface area contributed by atoms with E-state index in [9.17, 15) is 9.59 Å². The topological polar surface area (TPSA) is 99.1 Å². The number of hydrogen-bond donors (Lipinski definition) is 3. The molecule has 16 heavy (non-hydrogen) atoms. The Kier molecular flexibility index (Phi) is 5.00. The second kappa shape index (κ2) is 6.29. The lowest BCUT2D eigenvalue weighted by molar-refractivity contribution is -0.146. The maximum absolute atomic E-state index is 11.5. The molecule has 0 saturated carbocycles. The fourth-order valence-corrected chi connectivity index (χ4v) is 1.32. The van der Waals surface area contributed by atoms with E-state index in [1.807, 2.05) is 0 Å². The molecular formula is C9H16N2O5. The fraction of sp³-hybridized carbons (Fsp3) is 0.778. The van der Waals surface area contributed by atoms with Crippen LogP contribution in [0, 0.1) is 0 Å². The van der Waals surface area contributed by atoms with Crippen molar-refractivity contribution in [3.63, 3.8) is 0 Å². The van der Waals surface area contributed by atoms with Crippen molar-refractivity contribution in [2.75, 3.05) is 32.8 Å². The quantitative estimate of drug-likeness (QED) is 0.569. The predicted octanol–water partition coefficient (Wildman–Crippen LogP) is -1.14. The monoisotopic (exact) mass is 232 g/mol. The summed E-state index contributed by atoms with van der Waals surface area (Å²) >= 11 is 0. The minimum absolute atomic E-state index is 0.00537. The van der Waals surface area contributed by atoms with Crippen LogP contribution < -0.4 is 5.32 Å². The predicted molar refractivity (Wildman–Crippen MR) is 54.1 cm³/mol. The van der Waals surface area contributed by atoms with Crippen molar-refractivity contribution in [3.05, 3.63) is 0 Å². The summed E-state index contributed by atoms with van der Waals surface area (Å²) in [5.41, 5.74) is 0. The number of rotatable bonds is 4. The molecule has 0 unspecified atom stereocenters. The highest BCUT2D eigenvalue weighted by molar-refractivity contribution is 5.74. The lowest BCUT2D eigenvalue weighted by Crippen LogP contribution is -2.46. The minimum atomic E-state index is -1.43. The number of ether oxygens (including phenoxy) is 1. The van der Waals surface area contributed by atoms with E-state index in [2.05, 4.69) is 5.32 Å². The number of hydrogen-bond acceptors (Lipinski definition) is 4. The first-order valence-corrected chi connectivity index (χ1v) is 5.12. The number of urea groups is 1. The van der Waals surface area contributed by atoms with Gasteiger partial charge in [0, 0.05) is 26.1 Å². The van der Waals surface area contributed by atoms with Crippen LogP contribution >= 0.6 is 0 Å². The summed E-state index contributed by atoms with van der Waals surface area (Å²) < 4.78 is 5.08. The first-order valence-electron chi connectivity index (χ1n) is 5.12. The summed E-state index contributed by atoms with van der Waals surface area (Å²) in [7, 11) is 0. The van der Waals surface area contributed by atoms with Gasteiger partial charge in [0.05, 0.1) is 13.2 Å². The van der Waals surface area contributed by atoms with Gasteiger partial charge in [-0.1, -0.05) is 0 Å². The van der Waals surface area contributed by atoms with Crippen LogP contribution in [0.5, 0.6) is 0 Å². The number of carbonyl (C=O) groups excluding carboxylic acids is 1. The Morgan fingerprint density at radius 2 is 2.00 bits per heavy atom. The second-order valence-electron chi connectivity index (χ2n) is 3.47. The largest absolute Gasteiger partial charge is 0.479 e. The van der Waals surface area contributed by atoms with E-state index in [0.717, 1.165) is 0 Å². The first kappa shape index (κ1) is 12.7. The zero-order valence-corrected chi connectivity index (χ0v) is 8.89. The standard InChI is InChI=1S/C9H16N2O5/c12-7(8(13)14)1-2-10-9(15)11-3-5-16-6-4-11/h7,12H,1-6H2,(H,10,15)(H,13,14)/t7-/m0/s1. The highest BCUT2D eigenvalue weighted by atomic mass is 16.5. The second-order valence-corrected chi connectivity index (χ2v) is 3.47. The van der Waals surface area contributed by atoms with Crippen LogP contribution in [0.15, 0.2) is 0 Å². The van der Waals surface area contributed by atoms with Gasteiger partial charge in [0.25, 0.3) is 0 Å². The van der Waals surface area contributed by atoms with Gasteiger partial charge in [-0.05, 0) is 0 Å². The molecule has 2 amide bonds. The summed E-state index contributed by atoms with van der Waals surface area (Å²) in [5, 5.41) is 19.9. The zero-order valence-electron chi connectivity index (χ0n) is 8.89. The van der Waals surface area contributed by atoms with Crippen LogP contribution in [0.3, 0.4) is 0 Å². The van der Waals surface area contributed by atoms with Crippen LogP contribution in [-0.2, 0) is 9.53 Å². The van der Waals surface area contributed by atoms with E-state index in [4.69, 9.17) is 14.9 Å². The van der Waals surface area contributed by atoms with E-state index >= 15 is 0 Å². The number of carboxylic acids is 1. The highest BCUT2D eigenvalue weighted by Crippen LogP contribution is 1.97. The normalized spacial score (nSPS) is 17.9. The van der Waals surface area contributed by atoms with Gasteiger partial charge in [-0.2, -0.15) is 0 Å². The zero-order chi connectivity index (χ0) is 12.0. The number of carboxylic acid groups (broad SMARTS) is 1. The summed E-state index contributed by atoms with van der Waals surface area (Å²) in [5.74, 6) is -1.28. The van der Waals surface area contributed by atoms with Gasteiger partial charge >= 0.3 is 12.0 Å². The van der Waals surface area contributed by atoms with Gasteiger partial charge in [0.15, 0.2) is 6.10 Å². The number of nitrogens with zero attached hydrogens (tertiary/aromatic N) is 1. The van der Waals surface area contributed by atoms with Gasteiger partial charge in [0.2, 0.25) is 0 Å². The molecule has 92 valence electrons. The van der Waals surface area contributed by atoms with E-state index in [0.29, 0.717) is 26.3 Å². The molecule has 0 aromatic heterocycles. The number of aliphatic hydroxyl groups excluding tert-OH is 1. The first-order chi connectivity index (χ1) is 7.61. The van der Waals surface area contributed by atoms with Gasteiger partial charge < -0.3 is 25.2 Å². The van der Waals surface area contributed by atoms with Crippen molar-refractivity contribution in [2.45, 2.75) is 12.5 Å². The molecule has 0 aliphatic carbocycles. The highest BCUT2D eigenvalue weighted by Gasteiger charge is 2.17. The Labute approximate surface area is 93.0 Å². The van der Waals surface area contributed by atoms with Gasteiger partial charge in [0.1, 0.15) is 0 Å². The van der Waals surface area contributed by atoms with Crippen LogP contribution in [0.1, 0.15) is 6.42 Å². The van der Waals surface area contributed by atoms with Crippen molar-refractivity contribution in [1.29, 1.82) is 0 Å². The Morgan fingerprint density at radius 1 is 1.38 bits per heavy atom. The summed E-state index contributed by atoms with van der Waals surface area (Å²) in [4.78, 5) is 23.4. The SMILES string of the molecule is O=C(O)[C@@H](O)CCNC(=O)N1CCOCC1. The van der Waals surface area contributed by atoms with Gasteiger partial charge in [-0.15, -0.1) is 0 Å². The molecule has 3 N–H and O–H groups in total. The van der Waals surface area contributed by atoms with Crippen molar-refractivity contribution >= 4 is 12.0 Å². The van der Waals surface area contributed by atoms with E-state index in [1.54, 1.807) is 4.90 Å². The maximum atomic E-state index is 11.5. The van der Waals surface area contributed by atoms with Crippen molar-refractivity contribution < 1.29 is 24.5 Å². The molecule has 1 fully saturated rings. The molecule has 0 aromatic carbocycles. The molecule has 7 heteroatoms. The average Bonchev–Trinajstić information content (AvgIpc) is 2.29. The van der Waals surface area contributed by atoms with E-state index < -0.39 is 12.1 Å². The summed E-state index contributed by atoms with van der Waals surface area (Å²) in [6, 6.07) is -0.249. The van der Waals surface area contributed by atoms with Gasteiger partial charge in [-0.25, -0.2) is 9.59 Å². The number of aliphatic hydroxyl groups is 1. The molecule has 1 heterocycles. The molecule has 1 saturated heterocycles. The Balaban J connectivity index is 2.16. The molecule has 0 spiro atoms. The van der Waals surface area contributed by atoms with Crippen LogP contribution in [-0.4, -0.2) is 66.1 Å². The number of nitrogens with one attached hydrogen (secondary N) is 1. The molecule has 1 aliphatic heterocycles. The number of aliphatic carboxylic acids is 1. The molecule has 0 aromatic rings. The molecular weight excluding hydrogens is 216 g/mol. The van der Waals surface area contributed by atoms with Crippen molar-refractivity contribution in [1.82, 2.24) is 10.2 Å². The molecule has 0 radical (unpaired) electrons. The summed E-state index contributed by atoms with van der Waals surface area (Å²) in [6.07, 6.45) is -1.42. The number of carbonyl (C=O) groups is 2. The molecule has 1 aliphatic rings. The average molecular weight is 232 g/mol. The van der Waals surface area contributed by atoms with Crippen molar-refractivity contribution in [2.24, 2.45) is 0 Å². The maximum Gasteiger partial charge on any atom is 0.332 e. The van der Waals surface area contributed by atoms with E-state index in [1.165, 1.54) is 0 Å². The minimum Gasteiger partial charge on any atom is -0.479 e. The van der Waals surface area contributed by atoms with Crippen LogP contribution in [0.25, 0.3) is 0 Å². The number of amides is 2. The summed E-state index contributed by atoms with van der Waals surface area (Å²) in [6.45, 7) is 2.25. The Hall–Kier alpha value is -1.34. The molecule has 7 nitrogen and oxygen atoms in total. The van der Waals surface area contributed by atoms with Gasteiger partial charge in [-0.3, -0.25) is 0 Å². The van der Waals surface area contributed by atoms with Crippen molar-refractivity contribution in [3.8, 4) is 0 Å².